The molecule has 1 heterocycles. The molecular weight excluding hydrogens is 431 g/mol. The lowest BCUT2D eigenvalue weighted by atomic mass is 10.2. The number of nitro groups is 1. The summed E-state index contributed by atoms with van der Waals surface area (Å²) in [6.45, 7) is 2.27. The van der Waals surface area contributed by atoms with Gasteiger partial charge in [0.1, 0.15) is 5.82 Å². The van der Waals surface area contributed by atoms with E-state index in [-0.39, 0.29) is 23.8 Å². The molecule has 28 heavy (non-hydrogen) atoms. The Morgan fingerprint density at radius 1 is 1.29 bits per heavy atom. The lowest BCUT2D eigenvalue weighted by molar-refractivity contribution is -0.384. The second kappa shape index (κ2) is 8.30. The summed E-state index contributed by atoms with van der Waals surface area (Å²) >= 11 is 3.30. The molecule has 0 aliphatic heterocycles. The number of rotatable bonds is 6. The van der Waals surface area contributed by atoms with Crippen molar-refractivity contribution >= 4 is 27.5 Å². The van der Waals surface area contributed by atoms with Crippen molar-refractivity contribution in [2.45, 2.75) is 13.5 Å². The summed E-state index contributed by atoms with van der Waals surface area (Å²) in [5, 5.41) is 15.2. The first-order chi connectivity index (χ1) is 13.4. The predicted molar refractivity (Wildman–Crippen MR) is 105 cm³/mol. The monoisotopic (exact) mass is 446 g/mol. The molecule has 0 saturated carbocycles. The van der Waals surface area contributed by atoms with E-state index >= 15 is 0 Å². The average Bonchev–Trinajstić information content (AvgIpc) is 3.18. The van der Waals surface area contributed by atoms with Gasteiger partial charge in [-0.1, -0.05) is 22.0 Å². The van der Waals surface area contributed by atoms with Gasteiger partial charge in [-0.15, -0.1) is 0 Å². The summed E-state index contributed by atoms with van der Waals surface area (Å²) in [5.41, 5.74) is 0.960. The van der Waals surface area contributed by atoms with Crippen molar-refractivity contribution in [1.82, 2.24) is 14.7 Å². The Morgan fingerprint density at radius 3 is 2.79 bits per heavy atom. The van der Waals surface area contributed by atoms with Crippen molar-refractivity contribution in [1.29, 1.82) is 0 Å². The van der Waals surface area contributed by atoms with Crippen molar-refractivity contribution in [2.24, 2.45) is 0 Å². The molecule has 0 saturated heterocycles. The maximum atomic E-state index is 14.0. The molecule has 0 radical (unpaired) electrons. The molecule has 0 aliphatic rings. The molecule has 144 valence electrons. The van der Waals surface area contributed by atoms with Gasteiger partial charge in [0.15, 0.2) is 5.69 Å². The third-order valence-corrected chi connectivity index (χ3v) is 4.64. The zero-order valence-corrected chi connectivity index (χ0v) is 16.5. The molecule has 0 fully saturated rings. The van der Waals surface area contributed by atoms with Crippen LogP contribution in [-0.4, -0.2) is 32.1 Å². The first-order valence-corrected chi connectivity index (χ1v) is 9.22. The van der Waals surface area contributed by atoms with Gasteiger partial charge in [-0.05, 0) is 37.3 Å². The molecule has 0 spiro atoms. The fourth-order valence-corrected chi connectivity index (χ4v) is 3.10. The van der Waals surface area contributed by atoms with Crippen molar-refractivity contribution in [2.75, 3.05) is 6.54 Å². The van der Waals surface area contributed by atoms with Crippen molar-refractivity contribution in [3.63, 3.8) is 0 Å². The van der Waals surface area contributed by atoms with E-state index in [1.807, 2.05) is 0 Å². The van der Waals surface area contributed by atoms with E-state index in [4.69, 9.17) is 0 Å². The van der Waals surface area contributed by atoms with Gasteiger partial charge in [0, 0.05) is 41.5 Å². The quantitative estimate of drug-likeness (QED) is 0.416. The fourth-order valence-electron chi connectivity index (χ4n) is 2.69. The van der Waals surface area contributed by atoms with E-state index in [0.29, 0.717) is 17.8 Å². The van der Waals surface area contributed by atoms with Crippen LogP contribution in [0.2, 0.25) is 0 Å². The normalized spacial score (nSPS) is 10.7. The number of amides is 1. The van der Waals surface area contributed by atoms with Gasteiger partial charge >= 0.3 is 0 Å². The number of benzene rings is 2. The van der Waals surface area contributed by atoms with E-state index in [9.17, 15) is 19.3 Å². The van der Waals surface area contributed by atoms with Crippen LogP contribution in [0, 0.1) is 15.9 Å². The van der Waals surface area contributed by atoms with Crippen LogP contribution in [0.5, 0.6) is 0 Å². The number of non-ortho nitro benzene ring substituents is 1. The zero-order chi connectivity index (χ0) is 20.3. The minimum atomic E-state index is -0.496. The third kappa shape index (κ3) is 4.25. The van der Waals surface area contributed by atoms with Crippen LogP contribution < -0.4 is 0 Å². The Kier molecular flexibility index (Phi) is 5.84. The fraction of sp³-hybridized carbons (Fsp3) is 0.158. The van der Waals surface area contributed by atoms with Crippen LogP contribution in [0.15, 0.2) is 59.2 Å². The van der Waals surface area contributed by atoms with Crippen LogP contribution in [0.4, 0.5) is 10.1 Å². The molecule has 3 rings (SSSR count). The molecule has 0 atom stereocenters. The summed E-state index contributed by atoms with van der Waals surface area (Å²) < 4.78 is 16.1. The van der Waals surface area contributed by atoms with Crippen LogP contribution in [-0.2, 0) is 6.54 Å². The SMILES string of the molecule is CCN(Cc1cc(Br)ccc1F)C(=O)c1ccn(-c2cccc([N+](=O)[O-])c2)n1. The van der Waals surface area contributed by atoms with E-state index in [2.05, 4.69) is 21.0 Å². The molecule has 0 aliphatic carbocycles. The maximum Gasteiger partial charge on any atom is 0.274 e. The number of halogens is 2. The first kappa shape index (κ1) is 19.7. The predicted octanol–water partition coefficient (Wildman–Crippen LogP) is 4.34. The largest absolute Gasteiger partial charge is 0.333 e. The van der Waals surface area contributed by atoms with Gasteiger partial charge in [-0.3, -0.25) is 14.9 Å². The van der Waals surface area contributed by atoms with E-state index in [0.717, 1.165) is 4.47 Å². The topological polar surface area (TPSA) is 81.3 Å². The number of carbonyl (C=O) groups is 1. The van der Waals surface area contributed by atoms with E-state index in [1.165, 1.54) is 33.8 Å². The Labute approximate surface area is 168 Å². The molecular formula is C19H16BrFN4O3. The molecule has 1 aromatic heterocycles. The summed E-state index contributed by atoms with van der Waals surface area (Å²) in [4.78, 5) is 24.7. The molecule has 2 aromatic carbocycles. The molecule has 1 amide bonds. The second-order valence-electron chi connectivity index (χ2n) is 5.98. The zero-order valence-electron chi connectivity index (χ0n) is 14.9. The molecule has 9 heteroatoms. The smallest absolute Gasteiger partial charge is 0.274 e. The average molecular weight is 447 g/mol. The van der Waals surface area contributed by atoms with Crippen LogP contribution >= 0.6 is 15.9 Å². The van der Waals surface area contributed by atoms with Crippen LogP contribution in [0.25, 0.3) is 5.69 Å². The van der Waals surface area contributed by atoms with Gasteiger partial charge in [0.2, 0.25) is 0 Å². The number of hydrogen-bond acceptors (Lipinski definition) is 4. The molecule has 0 unspecified atom stereocenters. The van der Waals surface area contributed by atoms with Gasteiger partial charge in [0.25, 0.3) is 11.6 Å². The molecule has 0 bridgehead atoms. The number of nitro benzene ring substituents is 1. The molecule has 7 nitrogen and oxygen atoms in total. The highest BCUT2D eigenvalue weighted by Gasteiger charge is 2.19. The standard InChI is InChI=1S/C19H16BrFN4O3/c1-2-23(12-13-10-14(20)6-7-17(13)21)19(26)18-8-9-24(22-18)15-4-3-5-16(11-15)25(27)28/h3-11H,2,12H2,1H3. The number of nitrogens with zero attached hydrogens (tertiary/aromatic N) is 4. The summed E-state index contributed by atoms with van der Waals surface area (Å²) in [5.74, 6) is -0.748. The van der Waals surface area contributed by atoms with Crippen LogP contribution in [0.3, 0.4) is 0 Å². The third-order valence-electron chi connectivity index (χ3n) is 4.15. The lowest BCUT2D eigenvalue weighted by Crippen LogP contribution is -2.31. The Morgan fingerprint density at radius 2 is 2.07 bits per heavy atom. The Hall–Kier alpha value is -3.07. The minimum absolute atomic E-state index is 0.0683. The highest BCUT2D eigenvalue weighted by Crippen LogP contribution is 2.19. The number of carbonyl (C=O) groups excluding carboxylic acids is 1. The van der Waals surface area contributed by atoms with Crippen LogP contribution in [0.1, 0.15) is 23.0 Å². The van der Waals surface area contributed by atoms with Crippen molar-refractivity contribution in [3.05, 3.63) is 86.4 Å². The lowest BCUT2D eigenvalue weighted by Gasteiger charge is -2.20. The highest BCUT2D eigenvalue weighted by molar-refractivity contribution is 9.10. The first-order valence-electron chi connectivity index (χ1n) is 8.42. The summed E-state index contributed by atoms with van der Waals surface area (Å²) in [7, 11) is 0. The Bertz CT molecular complexity index is 1040. The Balaban J connectivity index is 1.83. The van der Waals surface area contributed by atoms with Gasteiger partial charge < -0.3 is 4.90 Å². The molecule has 3 aromatic rings. The summed E-state index contributed by atoms with van der Waals surface area (Å²) in [6, 6.07) is 12.0. The number of aromatic nitrogens is 2. The number of hydrogen-bond donors (Lipinski definition) is 0. The minimum Gasteiger partial charge on any atom is -0.333 e. The van der Waals surface area contributed by atoms with E-state index < -0.39 is 10.7 Å². The van der Waals surface area contributed by atoms with Gasteiger partial charge in [0.05, 0.1) is 10.6 Å². The van der Waals surface area contributed by atoms with E-state index in [1.54, 1.807) is 37.4 Å². The molecule has 0 N–H and O–H groups in total. The van der Waals surface area contributed by atoms with Gasteiger partial charge in [-0.2, -0.15) is 5.10 Å². The summed E-state index contributed by atoms with van der Waals surface area (Å²) in [6.07, 6.45) is 1.56. The van der Waals surface area contributed by atoms with Gasteiger partial charge in [-0.25, -0.2) is 9.07 Å². The second-order valence-corrected chi connectivity index (χ2v) is 6.89. The highest BCUT2D eigenvalue weighted by atomic mass is 79.9. The van der Waals surface area contributed by atoms with Crippen molar-refractivity contribution < 1.29 is 14.1 Å². The van der Waals surface area contributed by atoms with Crippen molar-refractivity contribution in [3.8, 4) is 5.69 Å². The maximum absolute atomic E-state index is 14.0.